The summed E-state index contributed by atoms with van der Waals surface area (Å²) < 4.78 is 57.2. The molecule has 0 atom stereocenters. The second-order valence-corrected chi connectivity index (χ2v) is 8.51. The van der Waals surface area contributed by atoms with Crippen LogP contribution < -0.4 is 9.88 Å². The predicted molar refractivity (Wildman–Crippen MR) is 118 cm³/mol. The first-order valence-electron chi connectivity index (χ1n) is 9.81. The number of benzene rings is 2. The van der Waals surface area contributed by atoms with Gasteiger partial charge in [0.2, 0.25) is 10.0 Å². The monoisotopic (exact) mass is 468 g/mol. The first-order valence-corrected chi connectivity index (χ1v) is 11.4. The summed E-state index contributed by atoms with van der Waals surface area (Å²) in [6.45, 7) is 2.31. The normalized spacial score (nSPS) is 11.4. The summed E-state index contributed by atoms with van der Waals surface area (Å²) >= 11 is 0. The van der Waals surface area contributed by atoms with Gasteiger partial charge < -0.3 is 4.74 Å². The molecular weight excluding hydrogens is 450 g/mol. The highest BCUT2D eigenvalue weighted by molar-refractivity contribution is 7.89. The topological polar surface area (TPSA) is 99.6 Å². The van der Waals surface area contributed by atoms with E-state index in [-0.39, 0.29) is 16.2 Å². The van der Waals surface area contributed by atoms with Crippen molar-refractivity contribution >= 4 is 15.7 Å². The smallest absolute Gasteiger partial charge is 0.280 e. The standard InChI is InChI=1S/C23H18F2N4O3S/c1-2-32-18-7-4-6-16(12-18)20-13-21(22(24)25)29-23(28-20)17(14-27-29)10-9-15-5-3-8-19(11-15)33(26,30)31/h3-8,11-14,22H,2H2,1H3,(H2,26,30,31). The third kappa shape index (κ3) is 4.84. The zero-order valence-electron chi connectivity index (χ0n) is 17.4. The van der Waals surface area contributed by atoms with Gasteiger partial charge in [0.05, 0.1) is 29.0 Å². The minimum atomic E-state index is -3.88. The molecule has 0 aliphatic carbocycles. The lowest BCUT2D eigenvalue weighted by atomic mass is 10.1. The van der Waals surface area contributed by atoms with Gasteiger partial charge in [0, 0.05) is 11.1 Å². The van der Waals surface area contributed by atoms with E-state index in [2.05, 4.69) is 21.9 Å². The van der Waals surface area contributed by atoms with E-state index >= 15 is 0 Å². The fourth-order valence-corrected chi connectivity index (χ4v) is 3.74. The van der Waals surface area contributed by atoms with Crippen LogP contribution in [0.1, 0.15) is 30.2 Å². The molecule has 4 rings (SSSR count). The van der Waals surface area contributed by atoms with E-state index < -0.39 is 16.4 Å². The Labute approximate surface area is 188 Å². The molecule has 7 nitrogen and oxygen atoms in total. The van der Waals surface area contributed by atoms with Gasteiger partial charge in [-0.3, -0.25) is 0 Å². The Balaban J connectivity index is 1.82. The average Bonchev–Trinajstić information content (AvgIpc) is 3.20. The van der Waals surface area contributed by atoms with Crippen molar-refractivity contribution in [1.82, 2.24) is 14.6 Å². The van der Waals surface area contributed by atoms with Gasteiger partial charge in [-0.1, -0.05) is 30.0 Å². The van der Waals surface area contributed by atoms with Gasteiger partial charge in [-0.25, -0.2) is 31.8 Å². The van der Waals surface area contributed by atoms with Crippen molar-refractivity contribution in [3.8, 4) is 28.8 Å². The number of nitrogens with zero attached hydrogens (tertiary/aromatic N) is 3. The Kier molecular flexibility index (Phi) is 6.09. The van der Waals surface area contributed by atoms with E-state index in [0.717, 1.165) is 4.52 Å². The lowest BCUT2D eigenvalue weighted by Gasteiger charge is -2.09. The number of hydrogen-bond donors (Lipinski definition) is 1. The van der Waals surface area contributed by atoms with Crippen LogP contribution in [0.2, 0.25) is 0 Å². The lowest BCUT2D eigenvalue weighted by molar-refractivity contribution is 0.143. The molecule has 0 spiro atoms. The molecule has 0 aliphatic heterocycles. The van der Waals surface area contributed by atoms with Crippen molar-refractivity contribution in [2.24, 2.45) is 5.14 Å². The number of ether oxygens (including phenoxy) is 1. The summed E-state index contributed by atoms with van der Waals surface area (Å²) in [5, 5.41) is 9.18. The largest absolute Gasteiger partial charge is 0.494 e. The van der Waals surface area contributed by atoms with Crippen LogP contribution in [0.5, 0.6) is 5.75 Å². The lowest BCUT2D eigenvalue weighted by Crippen LogP contribution is -2.11. The molecule has 0 saturated heterocycles. The number of hydrogen-bond acceptors (Lipinski definition) is 5. The van der Waals surface area contributed by atoms with Crippen molar-refractivity contribution in [3.05, 3.63) is 77.6 Å². The molecule has 0 radical (unpaired) electrons. The summed E-state index contributed by atoms with van der Waals surface area (Å²) in [6, 6.07) is 14.1. The number of aromatic nitrogens is 3. The quantitative estimate of drug-likeness (QED) is 0.450. The molecule has 10 heteroatoms. The van der Waals surface area contributed by atoms with Crippen molar-refractivity contribution < 1.29 is 21.9 Å². The van der Waals surface area contributed by atoms with Gasteiger partial charge in [0.1, 0.15) is 11.4 Å². The summed E-state index contributed by atoms with van der Waals surface area (Å²) in [7, 11) is -3.88. The molecular formula is C23H18F2N4O3S. The number of alkyl halides is 2. The molecule has 0 aliphatic rings. The molecule has 0 saturated carbocycles. The summed E-state index contributed by atoms with van der Waals surface area (Å²) in [6.07, 6.45) is -1.46. The highest BCUT2D eigenvalue weighted by Gasteiger charge is 2.18. The molecule has 0 unspecified atom stereocenters. The van der Waals surface area contributed by atoms with Crippen molar-refractivity contribution in [2.45, 2.75) is 18.2 Å². The first kappa shape index (κ1) is 22.4. The molecule has 33 heavy (non-hydrogen) atoms. The molecule has 0 bridgehead atoms. The Morgan fingerprint density at radius 2 is 1.91 bits per heavy atom. The van der Waals surface area contributed by atoms with E-state index in [1.165, 1.54) is 30.5 Å². The Morgan fingerprint density at radius 1 is 1.12 bits per heavy atom. The van der Waals surface area contributed by atoms with Crippen molar-refractivity contribution in [2.75, 3.05) is 6.61 Å². The number of halogens is 2. The minimum absolute atomic E-state index is 0.0799. The number of rotatable bonds is 5. The highest BCUT2D eigenvalue weighted by Crippen LogP contribution is 2.28. The predicted octanol–water partition coefficient (Wildman–Crippen LogP) is 3.78. The van der Waals surface area contributed by atoms with Gasteiger partial charge in [-0.2, -0.15) is 5.10 Å². The maximum Gasteiger partial charge on any atom is 0.280 e. The van der Waals surface area contributed by atoms with Crippen molar-refractivity contribution in [1.29, 1.82) is 0 Å². The third-order valence-corrected chi connectivity index (χ3v) is 5.58. The number of sulfonamides is 1. The van der Waals surface area contributed by atoms with Crippen LogP contribution in [-0.4, -0.2) is 29.6 Å². The van der Waals surface area contributed by atoms with Crippen LogP contribution in [0.25, 0.3) is 16.9 Å². The second kappa shape index (κ2) is 8.97. The Hall–Kier alpha value is -3.81. The second-order valence-electron chi connectivity index (χ2n) is 6.94. The highest BCUT2D eigenvalue weighted by atomic mass is 32.2. The Morgan fingerprint density at radius 3 is 2.64 bits per heavy atom. The van der Waals surface area contributed by atoms with Gasteiger partial charge in [-0.15, -0.1) is 0 Å². The molecule has 0 fully saturated rings. The fourth-order valence-electron chi connectivity index (χ4n) is 3.18. The number of primary sulfonamides is 1. The average molecular weight is 468 g/mol. The zero-order chi connectivity index (χ0) is 23.6. The van der Waals surface area contributed by atoms with Crippen LogP contribution in [0.4, 0.5) is 8.78 Å². The minimum Gasteiger partial charge on any atom is -0.494 e. The van der Waals surface area contributed by atoms with Crippen LogP contribution in [0, 0.1) is 11.8 Å². The van der Waals surface area contributed by atoms with E-state index in [9.17, 15) is 17.2 Å². The van der Waals surface area contributed by atoms with Crippen molar-refractivity contribution in [3.63, 3.8) is 0 Å². The van der Waals surface area contributed by atoms with Gasteiger partial charge in [-0.05, 0) is 43.3 Å². The van der Waals surface area contributed by atoms with Crippen LogP contribution in [-0.2, 0) is 10.0 Å². The number of nitrogens with two attached hydrogens (primary N) is 1. The first-order chi connectivity index (χ1) is 15.8. The van der Waals surface area contributed by atoms with Crippen LogP contribution in [0.3, 0.4) is 0 Å². The SMILES string of the molecule is CCOc1cccc(-c2cc(C(F)F)n3ncc(C#Cc4cccc(S(N)(=O)=O)c4)c3n2)c1. The molecule has 168 valence electrons. The van der Waals surface area contributed by atoms with Crippen LogP contribution >= 0.6 is 0 Å². The maximum absolute atomic E-state index is 13.8. The molecule has 0 amide bonds. The Bertz CT molecular complexity index is 1510. The van der Waals surface area contributed by atoms with Gasteiger partial charge in [0.15, 0.2) is 5.65 Å². The summed E-state index contributed by atoms with van der Waals surface area (Å²) in [5.74, 6) is 6.25. The van der Waals surface area contributed by atoms with E-state index in [4.69, 9.17) is 9.88 Å². The molecule has 2 aromatic heterocycles. The van der Waals surface area contributed by atoms with Crippen LogP contribution in [0.15, 0.2) is 65.7 Å². The van der Waals surface area contributed by atoms with E-state index in [1.54, 1.807) is 30.3 Å². The summed E-state index contributed by atoms with van der Waals surface area (Å²) in [5.41, 5.74) is 1.43. The maximum atomic E-state index is 13.8. The van der Waals surface area contributed by atoms with Gasteiger partial charge >= 0.3 is 0 Å². The summed E-state index contributed by atoms with van der Waals surface area (Å²) in [4.78, 5) is 4.43. The zero-order valence-corrected chi connectivity index (χ0v) is 18.2. The van der Waals surface area contributed by atoms with E-state index in [0.29, 0.717) is 34.7 Å². The molecule has 2 heterocycles. The van der Waals surface area contributed by atoms with E-state index in [1.807, 2.05) is 6.92 Å². The molecule has 2 N–H and O–H groups in total. The fraction of sp³-hybridized carbons (Fsp3) is 0.130. The van der Waals surface area contributed by atoms with Gasteiger partial charge in [0.25, 0.3) is 6.43 Å². The number of fused-ring (bicyclic) bond motifs is 1. The molecule has 4 aromatic rings. The molecule has 2 aromatic carbocycles. The third-order valence-electron chi connectivity index (χ3n) is 4.67.